The molecule has 0 bridgehead atoms. The highest BCUT2D eigenvalue weighted by Gasteiger charge is 2.21. The lowest BCUT2D eigenvalue weighted by Gasteiger charge is -2.25. The first-order valence-electron chi connectivity index (χ1n) is 7.45. The molecule has 2 amide bonds. The summed E-state index contributed by atoms with van der Waals surface area (Å²) in [7, 11) is 0. The Bertz CT molecular complexity index is 656. The molecule has 22 heavy (non-hydrogen) atoms. The SMILES string of the molecule is CCc1nc(CNC(=O)NC2CCSc3ccccc32)cs1. The highest BCUT2D eigenvalue weighted by atomic mass is 32.2. The minimum absolute atomic E-state index is 0.0964. The number of urea groups is 1. The van der Waals surface area contributed by atoms with Gasteiger partial charge in [0, 0.05) is 16.0 Å². The van der Waals surface area contributed by atoms with Crippen molar-refractivity contribution in [3.63, 3.8) is 0 Å². The number of fused-ring (bicyclic) bond motifs is 1. The van der Waals surface area contributed by atoms with Crippen LogP contribution >= 0.6 is 23.1 Å². The summed E-state index contributed by atoms with van der Waals surface area (Å²) < 4.78 is 0. The first-order chi connectivity index (χ1) is 10.8. The standard InChI is InChI=1S/C16H19N3OS2/c1-2-15-18-11(10-22-15)9-17-16(20)19-13-7-8-21-14-6-4-3-5-12(13)14/h3-6,10,13H,2,7-9H2,1H3,(H2,17,19,20). The van der Waals surface area contributed by atoms with Gasteiger partial charge >= 0.3 is 6.03 Å². The van der Waals surface area contributed by atoms with Crippen LogP contribution in [0.4, 0.5) is 4.79 Å². The van der Waals surface area contributed by atoms with Gasteiger partial charge in [-0.15, -0.1) is 23.1 Å². The molecular formula is C16H19N3OS2. The number of benzene rings is 1. The molecule has 1 unspecified atom stereocenters. The molecule has 6 heteroatoms. The van der Waals surface area contributed by atoms with E-state index in [0.717, 1.165) is 29.3 Å². The number of carbonyl (C=O) groups is 1. The number of aromatic nitrogens is 1. The monoisotopic (exact) mass is 333 g/mol. The maximum Gasteiger partial charge on any atom is 0.315 e. The van der Waals surface area contributed by atoms with Gasteiger partial charge in [0.25, 0.3) is 0 Å². The van der Waals surface area contributed by atoms with Crippen LogP contribution in [0.1, 0.15) is 35.7 Å². The number of thioether (sulfide) groups is 1. The lowest BCUT2D eigenvalue weighted by Crippen LogP contribution is -2.38. The van der Waals surface area contributed by atoms with Crippen LogP contribution in [0.15, 0.2) is 34.5 Å². The van der Waals surface area contributed by atoms with Crippen molar-refractivity contribution in [2.24, 2.45) is 0 Å². The molecule has 116 valence electrons. The van der Waals surface area contributed by atoms with Gasteiger partial charge in [-0.3, -0.25) is 0 Å². The van der Waals surface area contributed by atoms with Gasteiger partial charge in [-0.05, 0) is 24.5 Å². The summed E-state index contributed by atoms with van der Waals surface area (Å²) in [6, 6.07) is 8.26. The number of rotatable bonds is 4. The number of aryl methyl sites for hydroxylation is 1. The molecule has 1 aromatic carbocycles. The van der Waals surface area contributed by atoms with Crippen molar-refractivity contribution in [1.82, 2.24) is 15.6 Å². The average Bonchev–Trinajstić information content (AvgIpc) is 3.01. The number of nitrogens with one attached hydrogen (secondary N) is 2. The number of carbonyl (C=O) groups excluding carboxylic acids is 1. The molecule has 2 aromatic rings. The Morgan fingerprint density at radius 3 is 3.09 bits per heavy atom. The van der Waals surface area contributed by atoms with E-state index in [1.54, 1.807) is 11.3 Å². The number of hydrogen-bond donors (Lipinski definition) is 2. The summed E-state index contributed by atoms with van der Waals surface area (Å²) in [6.07, 6.45) is 1.90. The molecule has 1 aliphatic heterocycles. The van der Waals surface area contributed by atoms with Crippen LogP contribution in [-0.2, 0) is 13.0 Å². The second-order valence-corrected chi connectivity index (χ2v) is 7.22. The summed E-state index contributed by atoms with van der Waals surface area (Å²) in [5, 5.41) is 9.09. The first-order valence-corrected chi connectivity index (χ1v) is 9.32. The van der Waals surface area contributed by atoms with Crippen LogP contribution in [0.2, 0.25) is 0 Å². The summed E-state index contributed by atoms with van der Waals surface area (Å²) in [5.41, 5.74) is 2.15. The molecule has 1 aromatic heterocycles. The minimum Gasteiger partial charge on any atom is -0.332 e. The van der Waals surface area contributed by atoms with E-state index in [1.165, 1.54) is 10.5 Å². The van der Waals surface area contributed by atoms with Crippen LogP contribution in [0.5, 0.6) is 0 Å². The Labute approximate surface area is 138 Å². The fourth-order valence-corrected chi connectivity index (χ4v) is 4.33. The van der Waals surface area contributed by atoms with Gasteiger partial charge in [-0.2, -0.15) is 0 Å². The number of amides is 2. The molecular weight excluding hydrogens is 314 g/mol. The largest absolute Gasteiger partial charge is 0.332 e. The van der Waals surface area contributed by atoms with Crippen molar-refractivity contribution in [2.75, 3.05) is 5.75 Å². The van der Waals surface area contributed by atoms with E-state index in [-0.39, 0.29) is 12.1 Å². The Kier molecular flexibility index (Phi) is 5.00. The van der Waals surface area contributed by atoms with Gasteiger partial charge in [0.05, 0.1) is 23.3 Å². The third-order valence-electron chi connectivity index (χ3n) is 3.60. The lowest BCUT2D eigenvalue weighted by atomic mass is 10.0. The van der Waals surface area contributed by atoms with Crippen LogP contribution in [0.3, 0.4) is 0 Å². The summed E-state index contributed by atoms with van der Waals surface area (Å²) in [4.78, 5) is 17.8. The van der Waals surface area contributed by atoms with Crippen molar-refractivity contribution in [3.8, 4) is 0 Å². The van der Waals surface area contributed by atoms with Gasteiger partial charge in [0.15, 0.2) is 0 Å². The molecule has 1 aliphatic rings. The van der Waals surface area contributed by atoms with E-state index in [4.69, 9.17) is 0 Å². The molecule has 2 N–H and O–H groups in total. The van der Waals surface area contributed by atoms with E-state index in [9.17, 15) is 4.79 Å². The molecule has 0 saturated heterocycles. The van der Waals surface area contributed by atoms with Gasteiger partial charge in [0.2, 0.25) is 0 Å². The molecule has 0 fully saturated rings. The molecule has 0 saturated carbocycles. The van der Waals surface area contributed by atoms with Crippen molar-refractivity contribution in [3.05, 3.63) is 45.9 Å². The molecule has 0 spiro atoms. The number of hydrogen-bond acceptors (Lipinski definition) is 4. The second kappa shape index (κ2) is 7.15. The second-order valence-electron chi connectivity index (χ2n) is 5.14. The number of nitrogens with zero attached hydrogens (tertiary/aromatic N) is 1. The Balaban J connectivity index is 1.56. The molecule has 1 atom stereocenters. The predicted octanol–water partition coefficient (Wildman–Crippen LogP) is 3.74. The van der Waals surface area contributed by atoms with Crippen molar-refractivity contribution in [1.29, 1.82) is 0 Å². The van der Waals surface area contributed by atoms with Crippen LogP contribution < -0.4 is 10.6 Å². The van der Waals surface area contributed by atoms with Crippen LogP contribution in [-0.4, -0.2) is 16.8 Å². The van der Waals surface area contributed by atoms with E-state index < -0.39 is 0 Å². The van der Waals surface area contributed by atoms with E-state index in [0.29, 0.717) is 6.54 Å². The zero-order chi connectivity index (χ0) is 15.4. The highest BCUT2D eigenvalue weighted by Crippen LogP contribution is 2.35. The van der Waals surface area contributed by atoms with Gasteiger partial charge < -0.3 is 10.6 Å². The first kappa shape index (κ1) is 15.4. The van der Waals surface area contributed by atoms with Crippen molar-refractivity contribution in [2.45, 2.75) is 37.2 Å². The van der Waals surface area contributed by atoms with Gasteiger partial charge in [-0.25, -0.2) is 9.78 Å². The molecule has 4 nitrogen and oxygen atoms in total. The molecule has 0 aliphatic carbocycles. The van der Waals surface area contributed by atoms with Crippen LogP contribution in [0.25, 0.3) is 0 Å². The maximum absolute atomic E-state index is 12.1. The minimum atomic E-state index is -0.127. The number of thiazole rings is 1. The fourth-order valence-electron chi connectivity index (χ4n) is 2.46. The van der Waals surface area contributed by atoms with E-state index >= 15 is 0 Å². The smallest absolute Gasteiger partial charge is 0.315 e. The Morgan fingerprint density at radius 1 is 1.41 bits per heavy atom. The molecule has 0 radical (unpaired) electrons. The topological polar surface area (TPSA) is 54.0 Å². The maximum atomic E-state index is 12.1. The summed E-state index contributed by atoms with van der Waals surface area (Å²) in [6.45, 7) is 2.56. The van der Waals surface area contributed by atoms with E-state index in [2.05, 4.69) is 34.7 Å². The Hall–Kier alpha value is -1.53. The van der Waals surface area contributed by atoms with Gasteiger partial charge in [-0.1, -0.05) is 25.1 Å². The zero-order valence-electron chi connectivity index (χ0n) is 12.5. The molecule has 3 rings (SSSR count). The zero-order valence-corrected chi connectivity index (χ0v) is 14.1. The van der Waals surface area contributed by atoms with E-state index in [1.807, 2.05) is 29.3 Å². The van der Waals surface area contributed by atoms with Crippen molar-refractivity contribution >= 4 is 29.1 Å². The van der Waals surface area contributed by atoms with Crippen molar-refractivity contribution < 1.29 is 4.79 Å². The lowest BCUT2D eigenvalue weighted by molar-refractivity contribution is 0.236. The summed E-state index contributed by atoms with van der Waals surface area (Å²) >= 11 is 3.50. The fraction of sp³-hybridized carbons (Fsp3) is 0.375. The normalized spacial score (nSPS) is 16.9. The third-order valence-corrected chi connectivity index (χ3v) is 5.76. The van der Waals surface area contributed by atoms with Crippen LogP contribution in [0, 0.1) is 0 Å². The average molecular weight is 333 g/mol. The Morgan fingerprint density at radius 2 is 2.27 bits per heavy atom. The predicted molar refractivity (Wildman–Crippen MR) is 91.4 cm³/mol. The summed E-state index contributed by atoms with van der Waals surface area (Å²) in [5.74, 6) is 1.04. The quantitative estimate of drug-likeness (QED) is 0.896. The molecule has 2 heterocycles. The third kappa shape index (κ3) is 3.62. The highest BCUT2D eigenvalue weighted by molar-refractivity contribution is 7.99. The van der Waals surface area contributed by atoms with Gasteiger partial charge in [0.1, 0.15) is 0 Å².